The van der Waals surface area contributed by atoms with Crippen LogP contribution in [0.4, 0.5) is 0 Å². The maximum atomic E-state index is 5.80. The predicted octanol–water partition coefficient (Wildman–Crippen LogP) is 2.00. The number of hydrogen-bond donors (Lipinski definition) is 0. The van der Waals surface area contributed by atoms with Gasteiger partial charge < -0.3 is 0 Å². The van der Waals surface area contributed by atoms with Crippen LogP contribution in [0.15, 0.2) is 30.3 Å². The molecular weight excluding hydrogens is 285 g/mol. The molecule has 0 bridgehead atoms. The van der Waals surface area contributed by atoms with Crippen LogP contribution < -0.4 is 0 Å². The Bertz CT molecular complexity index is 254. The van der Waals surface area contributed by atoms with Gasteiger partial charge in [0.05, 0.1) is 0 Å². The molecule has 1 atom stereocenters. The predicted molar refractivity (Wildman–Crippen MR) is 47.8 cm³/mol. The van der Waals surface area contributed by atoms with Crippen LogP contribution in [0.2, 0.25) is 0 Å². The SMILES string of the molecule is [Cl][Sb]1[O]CC(c2ccccc2)[O]1. The molecule has 1 unspecified atom stereocenters. The van der Waals surface area contributed by atoms with Gasteiger partial charge in [-0.25, -0.2) is 0 Å². The third kappa shape index (κ3) is 1.94. The third-order valence-corrected chi connectivity index (χ3v) is 5.10. The summed E-state index contributed by atoms with van der Waals surface area (Å²) in [6.07, 6.45) is 0.0756. The normalized spacial score (nSPS) is 24.6. The van der Waals surface area contributed by atoms with Gasteiger partial charge in [-0.1, -0.05) is 0 Å². The zero-order valence-corrected chi connectivity index (χ0v) is 9.62. The van der Waals surface area contributed by atoms with Crippen molar-refractivity contribution in [1.82, 2.24) is 0 Å². The topological polar surface area (TPSA) is 18.5 Å². The van der Waals surface area contributed by atoms with Crippen molar-refractivity contribution in [1.29, 1.82) is 0 Å². The monoisotopic (exact) mass is 292 g/mol. The van der Waals surface area contributed by atoms with Gasteiger partial charge in [0.15, 0.2) is 0 Å². The molecular formula is C8H8ClO2Sb. The second-order valence-corrected chi connectivity index (χ2v) is 6.92. The first kappa shape index (κ1) is 8.83. The average molecular weight is 293 g/mol. The summed E-state index contributed by atoms with van der Waals surface area (Å²) in [5.41, 5.74) is 1.16. The maximum absolute atomic E-state index is 5.80. The summed E-state index contributed by atoms with van der Waals surface area (Å²) in [5.74, 6) is 0. The molecule has 0 spiro atoms. The first-order chi connectivity index (χ1) is 5.86. The molecule has 1 fully saturated rings. The van der Waals surface area contributed by atoms with Crippen LogP contribution in [0.1, 0.15) is 11.7 Å². The molecule has 1 aliphatic heterocycles. The molecule has 12 heavy (non-hydrogen) atoms. The standard InChI is InChI=1S/C8H8O2.ClH.Sb/c9-6-8(10)7-4-2-1-3-5-7;;/h1-5,8H,6H2;1H;/q-2;;+3/p-1. The van der Waals surface area contributed by atoms with Crippen LogP contribution in [0.3, 0.4) is 0 Å². The Morgan fingerprint density at radius 1 is 1.33 bits per heavy atom. The Morgan fingerprint density at radius 3 is 2.67 bits per heavy atom. The van der Waals surface area contributed by atoms with Gasteiger partial charge in [0.25, 0.3) is 0 Å². The summed E-state index contributed by atoms with van der Waals surface area (Å²) in [6.45, 7) is 0.621. The minimum absolute atomic E-state index is 0.0756. The van der Waals surface area contributed by atoms with Crippen molar-refractivity contribution in [3.63, 3.8) is 0 Å². The van der Waals surface area contributed by atoms with E-state index in [0.717, 1.165) is 5.56 Å². The van der Waals surface area contributed by atoms with Crippen molar-refractivity contribution in [2.24, 2.45) is 0 Å². The van der Waals surface area contributed by atoms with Crippen LogP contribution in [0, 0.1) is 0 Å². The number of hydrogen-bond acceptors (Lipinski definition) is 2. The van der Waals surface area contributed by atoms with E-state index in [0.29, 0.717) is 6.61 Å². The Hall–Kier alpha value is 0.248. The van der Waals surface area contributed by atoms with Crippen molar-refractivity contribution >= 4 is 28.7 Å². The van der Waals surface area contributed by atoms with Gasteiger partial charge in [-0.3, -0.25) is 0 Å². The zero-order valence-electron chi connectivity index (χ0n) is 6.31. The summed E-state index contributed by atoms with van der Waals surface area (Å²) in [6, 6.07) is 10.0. The van der Waals surface area contributed by atoms with E-state index in [1.807, 2.05) is 30.3 Å². The fourth-order valence-electron chi connectivity index (χ4n) is 1.11. The molecule has 1 saturated heterocycles. The van der Waals surface area contributed by atoms with Crippen molar-refractivity contribution in [2.45, 2.75) is 6.10 Å². The van der Waals surface area contributed by atoms with Gasteiger partial charge in [-0.15, -0.1) is 0 Å². The van der Waals surface area contributed by atoms with Crippen molar-refractivity contribution in [3.05, 3.63) is 35.9 Å². The molecule has 64 valence electrons. The van der Waals surface area contributed by atoms with Gasteiger partial charge in [0, 0.05) is 0 Å². The van der Waals surface area contributed by atoms with Crippen LogP contribution in [-0.4, -0.2) is 26.5 Å². The van der Waals surface area contributed by atoms with Crippen LogP contribution in [-0.2, 0) is 6.03 Å². The van der Waals surface area contributed by atoms with Crippen molar-refractivity contribution in [2.75, 3.05) is 6.61 Å². The first-order valence-electron chi connectivity index (χ1n) is 3.67. The molecule has 2 nitrogen and oxygen atoms in total. The number of benzene rings is 1. The van der Waals surface area contributed by atoms with E-state index in [1.54, 1.807) is 0 Å². The first-order valence-corrected chi connectivity index (χ1v) is 8.98. The summed E-state index contributed by atoms with van der Waals surface area (Å²) in [4.78, 5) is 0. The van der Waals surface area contributed by atoms with Crippen molar-refractivity contribution in [3.8, 4) is 0 Å². The number of halogens is 1. The van der Waals surface area contributed by atoms with E-state index in [9.17, 15) is 0 Å². The molecule has 2 rings (SSSR count). The van der Waals surface area contributed by atoms with E-state index < -0.39 is 19.9 Å². The summed E-state index contributed by atoms with van der Waals surface area (Å²) >= 11 is -2.19. The Morgan fingerprint density at radius 2 is 2.08 bits per heavy atom. The Kier molecular flexibility index (Phi) is 2.92. The average Bonchev–Trinajstić information content (AvgIpc) is 2.54. The Labute approximate surface area is 83.2 Å². The third-order valence-electron chi connectivity index (χ3n) is 1.71. The molecule has 1 heterocycles. The fraction of sp³-hybridized carbons (Fsp3) is 0.250. The van der Waals surface area contributed by atoms with E-state index >= 15 is 0 Å². The summed E-state index contributed by atoms with van der Waals surface area (Å²) in [7, 11) is 5.80. The number of rotatable bonds is 1. The molecule has 0 aromatic heterocycles. The summed E-state index contributed by atoms with van der Waals surface area (Å²) < 4.78 is 10.7. The quantitative estimate of drug-likeness (QED) is 0.737. The molecule has 0 amide bonds. The molecule has 0 saturated carbocycles. The van der Waals surface area contributed by atoms with Gasteiger partial charge >= 0.3 is 83.4 Å². The molecule has 1 aliphatic rings. The van der Waals surface area contributed by atoms with E-state index in [-0.39, 0.29) is 6.10 Å². The van der Waals surface area contributed by atoms with Crippen LogP contribution >= 0.6 is 8.83 Å². The minimum atomic E-state index is -2.19. The second kappa shape index (κ2) is 3.97. The molecule has 1 aromatic carbocycles. The molecule has 0 aliphatic carbocycles. The molecule has 0 radical (unpaired) electrons. The van der Waals surface area contributed by atoms with E-state index in [4.69, 9.17) is 14.9 Å². The molecule has 1 aromatic rings. The van der Waals surface area contributed by atoms with Crippen LogP contribution in [0.25, 0.3) is 0 Å². The fourth-order valence-corrected chi connectivity index (χ4v) is 4.12. The second-order valence-electron chi connectivity index (χ2n) is 2.51. The molecule has 4 heteroatoms. The van der Waals surface area contributed by atoms with Crippen LogP contribution in [0.5, 0.6) is 0 Å². The summed E-state index contributed by atoms with van der Waals surface area (Å²) in [5, 5.41) is 0. The van der Waals surface area contributed by atoms with Gasteiger partial charge in [0.1, 0.15) is 0 Å². The van der Waals surface area contributed by atoms with E-state index in [1.165, 1.54) is 0 Å². The molecule has 0 N–H and O–H groups in total. The van der Waals surface area contributed by atoms with Gasteiger partial charge in [0.2, 0.25) is 0 Å². The van der Waals surface area contributed by atoms with Gasteiger partial charge in [-0.2, -0.15) is 0 Å². The van der Waals surface area contributed by atoms with Crippen molar-refractivity contribution < 1.29 is 6.03 Å². The Balaban J connectivity index is 2.11. The zero-order chi connectivity index (χ0) is 8.39. The van der Waals surface area contributed by atoms with Gasteiger partial charge in [-0.05, 0) is 0 Å². The van der Waals surface area contributed by atoms with E-state index in [2.05, 4.69) is 0 Å².